The minimum absolute atomic E-state index is 0.0401. The number of hydrogen-bond donors (Lipinski definition) is 0. The molecule has 0 bridgehead atoms. The highest BCUT2D eigenvalue weighted by molar-refractivity contribution is 9.10. The fourth-order valence-corrected chi connectivity index (χ4v) is 3.70. The van der Waals surface area contributed by atoms with Gasteiger partial charge in [-0.15, -0.1) is 0 Å². The molecular formula is C19H13BrO2. The highest BCUT2D eigenvalue weighted by atomic mass is 79.9. The molecular weight excluding hydrogens is 340 g/mol. The van der Waals surface area contributed by atoms with E-state index < -0.39 is 0 Å². The zero-order valence-electron chi connectivity index (χ0n) is 11.8. The van der Waals surface area contributed by atoms with Gasteiger partial charge in [-0.05, 0) is 17.0 Å². The van der Waals surface area contributed by atoms with Crippen LogP contribution in [0.4, 0.5) is 0 Å². The average Bonchev–Trinajstić information content (AvgIpc) is 2.56. The summed E-state index contributed by atoms with van der Waals surface area (Å²) in [6.45, 7) is 0. The van der Waals surface area contributed by atoms with Gasteiger partial charge in [0.2, 0.25) is 0 Å². The first kappa shape index (κ1) is 13.5. The molecule has 1 atom stereocenters. The number of esters is 1. The first-order valence-electron chi connectivity index (χ1n) is 7.21. The van der Waals surface area contributed by atoms with E-state index in [0.29, 0.717) is 12.2 Å². The molecule has 0 aliphatic carbocycles. The zero-order valence-corrected chi connectivity index (χ0v) is 13.3. The van der Waals surface area contributed by atoms with Crippen molar-refractivity contribution in [3.8, 4) is 5.75 Å². The summed E-state index contributed by atoms with van der Waals surface area (Å²) >= 11 is 3.65. The van der Waals surface area contributed by atoms with Gasteiger partial charge in [-0.1, -0.05) is 70.5 Å². The van der Waals surface area contributed by atoms with Crippen LogP contribution in [-0.2, 0) is 4.79 Å². The fraction of sp³-hybridized carbons (Fsp3) is 0.105. The van der Waals surface area contributed by atoms with Crippen molar-refractivity contribution in [2.24, 2.45) is 0 Å². The summed E-state index contributed by atoms with van der Waals surface area (Å²) in [6.07, 6.45) is 0.377. The van der Waals surface area contributed by atoms with Crippen molar-refractivity contribution in [3.63, 3.8) is 0 Å². The van der Waals surface area contributed by atoms with Crippen LogP contribution in [-0.4, -0.2) is 5.97 Å². The average molecular weight is 353 g/mol. The minimum atomic E-state index is -0.172. The van der Waals surface area contributed by atoms with Crippen LogP contribution in [0.1, 0.15) is 23.5 Å². The lowest BCUT2D eigenvalue weighted by molar-refractivity contribution is -0.135. The Balaban J connectivity index is 2.00. The summed E-state index contributed by atoms with van der Waals surface area (Å²) in [5, 5.41) is 2.03. The van der Waals surface area contributed by atoms with Crippen molar-refractivity contribution in [2.45, 2.75) is 12.3 Å². The van der Waals surface area contributed by atoms with Crippen LogP contribution in [0.25, 0.3) is 10.8 Å². The number of fused-ring (bicyclic) bond motifs is 3. The number of ether oxygens (including phenoxy) is 1. The molecule has 0 amide bonds. The maximum Gasteiger partial charge on any atom is 0.312 e. The topological polar surface area (TPSA) is 26.3 Å². The van der Waals surface area contributed by atoms with Gasteiger partial charge in [-0.3, -0.25) is 4.79 Å². The molecule has 1 unspecified atom stereocenters. The van der Waals surface area contributed by atoms with Gasteiger partial charge >= 0.3 is 5.97 Å². The summed E-state index contributed by atoms with van der Waals surface area (Å²) in [5.41, 5.74) is 2.21. The number of carbonyl (C=O) groups excluding carboxylic acids is 1. The van der Waals surface area contributed by atoms with Crippen molar-refractivity contribution in [1.29, 1.82) is 0 Å². The largest absolute Gasteiger partial charge is 0.426 e. The highest BCUT2D eigenvalue weighted by Crippen LogP contribution is 2.45. The van der Waals surface area contributed by atoms with Crippen LogP contribution in [0.2, 0.25) is 0 Å². The Bertz CT molecular complexity index is 871. The Kier molecular flexibility index (Phi) is 3.23. The van der Waals surface area contributed by atoms with Crippen LogP contribution in [0.15, 0.2) is 65.1 Å². The predicted octanol–water partition coefficient (Wildman–Crippen LogP) is 5.04. The standard InChI is InChI=1S/C19H13BrO2/c20-17-10-16-15(12-6-2-1-3-7-12)11-18(21)22-19(16)14-9-5-4-8-13(14)17/h1-10,15H,11H2. The maximum atomic E-state index is 12.1. The molecule has 22 heavy (non-hydrogen) atoms. The Morgan fingerprint density at radius 1 is 0.955 bits per heavy atom. The van der Waals surface area contributed by atoms with Gasteiger partial charge in [0.25, 0.3) is 0 Å². The van der Waals surface area contributed by atoms with E-state index in [0.717, 1.165) is 26.4 Å². The SMILES string of the molecule is O=C1CC(c2ccccc2)c2cc(Br)c3ccccc3c2O1. The number of halogens is 1. The second kappa shape index (κ2) is 5.25. The molecule has 1 heterocycles. The van der Waals surface area contributed by atoms with Crippen molar-refractivity contribution < 1.29 is 9.53 Å². The van der Waals surface area contributed by atoms with Gasteiger partial charge in [-0.25, -0.2) is 0 Å². The second-order valence-corrected chi connectivity index (χ2v) is 6.32. The summed E-state index contributed by atoms with van der Waals surface area (Å²) < 4.78 is 6.62. The van der Waals surface area contributed by atoms with E-state index in [1.54, 1.807) is 0 Å². The van der Waals surface area contributed by atoms with Gasteiger partial charge in [-0.2, -0.15) is 0 Å². The van der Waals surface area contributed by atoms with Crippen molar-refractivity contribution in [3.05, 3.63) is 76.3 Å². The summed E-state index contributed by atoms with van der Waals surface area (Å²) in [6, 6.07) is 20.2. The smallest absolute Gasteiger partial charge is 0.312 e. The predicted molar refractivity (Wildman–Crippen MR) is 90.2 cm³/mol. The van der Waals surface area contributed by atoms with Gasteiger partial charge in [0.15, 0.2) is 0 Å². The number of carbonyl (C=O) groups is 1. The van der Waals surface area contributed by atoms with E-state index in [9.17, 15) is 4.79 Å². The minimum Gasteiger partial charge on any atom is -0.426 e. The van der Waals surface area contributed by atoms with Crippen molar-refractivity contribution in [2.75, 3.05) is 0 Å². The van der Waals surface area contributed by atoms with E-state index in [1.165, 1.54) is 0 Å². The summed E-state index contributed by atoms with van der Waals surface area (Å²) in [4.78, 5) is 12.1. The number of benzene rings is 3. The molecule has 108 valence electrons. The molecule has 3 aromatic rings. The second-order valence-electron chi connectivity index (χ2n) is 5.46. The number of rotatable bonds is 1. The van der Waals surface area contributed by atoms with Gasteiger partial charge in [0.1, 0.15) is 5.75 Å². The Hall–Kier alpha value is -2.13. The molecule has 2 nitrogen and oxygen atoms in total. The third-order valence-corrected chi connectivity index (χ3v) is 4.79. The summed E-state index contributed by atoms with van der Waals surface area (Å²) in [5.74, 6) is 0.566. The van der Waals surface area contributed by atoms with Crippen LogP contribution >= 0.6 is 15.9 Å². The molecule has 1 aliphatic heterocycles. The van der Waals surface area contributed by atoms with E-state index in [-0.39, 0.29) is 11.9 Å². The van der Waals surface area contributed by atoms with E-state index in [1.807, 2.05) is 42.5 Å². The summed E-state index contributed by atoms with van der Waals surface area (Å²) in [7, 11) is 0. The molecule has 0 aromatic heterocycles. The lowest BCUT2D eigenvalue weighted by atomic mass is 9.85. The Morgan fingerprint density at radius 3 is 2.41 bits per heavy atom. The quantitative estimate of drug-likeness (QED) is 0.452. The van der Waals surface area contributed by atoms with Crippen LogP contribution < -0.4 is 4.74 Å². The van der Waals surface area contributed by atoms with Gasteiger partial charge in [0, 0.05) is 21.3 Å². The number of hydrogen-bond acceptors (Lipinski definition) is 2. The fourth-order valence-electron chi connectivity index (χ4n) is 3.11. The molecule has 0 N–H and O–H groups in total. The van der Waals surface area contributed by atoms with Crippen molar-refractivity contribution >= 4 is 32.7 Å². The normalized spacial score (nSPS) is 17.1. The van der Waals surface area contributed by atoms with Crippen LogP contribution in [0, 0.1) is 0 Å². The zero-order chi connectivity index (χ0) is 15.1. The Morgan fingerprint density at radius 2 is 1.64 bits per heavy atom. The maximum absolute atomic E-state index is 12.1. The van der Waals surface area contributed by atoms with E-state index in [4.69, 9.17) is 4.74 Å². The first-order chi connectivity index (χ1) is 10.7. The molecule has 4 rings (SSSR count). The highest BCUT2D eigenvalue weighted by Gasteiger charge is 2.30. The Labute approximate surface area is 136 Å². The molecule has 0 saturated carbocycles. The lowest BCUT2D eigenvalue weighted by Gasteiger charge is -2.26. The monoisotopic (exact) mass is 352 g/mol. The molecule has 0 fully saturated rings. The molecule has 0 radical (unpaired) electrons. The molecule has 0 spiro atoms. The van der Waals surface area contributed by atoms with Gasteiger partial charge < -0.3 is 4.74 Å². The lowest BCUT2D eigenvalue weighted by Crippen LogP contribution is -2.21. The van der Waals surface area contributed by atoms with E-state index >= 15 is 0 Å². The third kappa shape index (κ3) is 2.13. The first-order valence-corrected chi connectivity index (χ1v) is 8.00. The van der Waals surface area contributed by atoms with Crippen LogP contribution in [0.5, 0.6) is 5.75 Å². The molecule has 1 aliphatic rings. The van der Waals surface area contributed by atoms with Crippen LogP contribution in [0.3, 0.4) is 0 Å². The molecule has 3 heteroatoms. The molecule has 3 aromatic carbocycles. The van der Waals surface area contributed by atoms with Gasteiger partial charge in [0.05, 0.1) is 6.42 Å². The van der Waals surface area contributed by atoms with Crippen molar-refractivity contribution in [1.82, 2.24) is 0 Å². The third-order valence-electron chi connectivity index (χ3n) is 4.14. The van der Waals surface area contributed by atoms with E-state index in [2.05, 4.69) is 34.1 Å². The molecule has 0 saturated heterocycles.